The average molecular weight is 278 g/mol. The molecule has 6 heteroatoms. The quantitative estimate of drug-likeness (QED) is 0.846. The molecule has 2 saturated heterocycles. The van der Waals surface area contributed by atoms with Crippen molar-refractivity contribution >= 4 is 11.6 Å². The Hall–Kier alpha value is -1.53. The molecule has 1 amide bonds. The van der Waals surface area contributed by atoms with E-state index in [4.69, 9.17) is 10.5 Å². The van der Waals surface area contributed by atoms with E-state index in [1.54, 1.807) is 12.3 Å². The minimum Gasteiger partial charge on any atom is -0.397 e. The van der Waals surface area contributed by atoms with Crippen molar-refractivity contribution in [2.45, 2.75) is 18.9 Å². The number of hydrogen-bond donors (Lipinski definition) is 2. The van der Waals surface area contributed by atoms with E-state index in [0.29, 0.717) is 17.5 Å². The molecule has 0 bridgehead atoms. The monoisotopic (exact) mass is 278 g/mol. The summed E-state index contributed by atoms with van der Waals surface area (Å²) < 4.78 is 5.66. The van der Waals surface area contributed by atoms with Crippen LogP contribution in [0.4, 0.5) is 5.69 Å². The van der Waals surface area contributed by atoms with E-state index in [9.17, 15) is 4.79 Å². The summed E-state index contributed by atoms with van der Waals surface area (Å²) in [5.74, 6) is 0.0402. The summed E-state index contributed by atoms with van der Waals surface area (Å²) in [5, 5.41) is 0. The lowest BCUT2D eigenvalue weighted by molar-refractivity contribution is 0.0430. The van der Waals surface area contributed by atoms with Gasteiger partial charge in [0.1, 0.15) is 5.69 Å². The number of aromatic amines is 1. The topological polar surface area (TPSA) is 74.6 Å². The van der Waals surface area contributed by atoms with Crippen LogP contribution in [0.3, 0.4) is 0 Å². The van der Waals surface area contributed by atoms with Crippen molar-refractivity contribution in [2.24, 2.45) is 0 Å². The first-order valence-corrected chi connectivity index (χ1v) is 7.29. The Kier molecular flexibility index (Phi) is 3.93. The average Bonchev–Trinajstić information content (AvgIpc) is 3.10. The summed E-state index contributed by atoms with van der Waals surface area (Å²) in [7, 11) is 0. The molecule has 2 fully saturated rings. The molecule has 0 aliphatic carbocycles. The van der Waals surface area contributed by atoms with E-state index in [0.717, 1.165) is 39.3 Å². The van der Waals surface area contributed by atoms with Gasteiger partial charge in [-0.25, -0.2) is 0 Å². The molecule has 6 nitrogen and oxygen atoms in total. The third-order valence-electron chi connectivity index (χ3n) is 4.08. The molecule has 1 aromatic rings. The normalized spacial score (nSPS) is 24.2. The van der Waals surface area contributed by atoms with Crippen LogP contribution in [0.5, 0.6) is 0 Å². The second-order valence-corrected chi connectivity index (χ2v) is 5.57. The Labute approximate surface area is 118 Å². The second-order valence-electron chi connectivity index (χ2n) is 5.57. The smallest absolute Gasteiger partial charge is 0.270 e. The lowest BCUT2D eigenvalue weighted by Crippen LogP contribution is -2.50. The fraction of sp³-hybridized carbons (Fsp3) is 0.643. The second kappa shape index (κ2) is 5.85. The number of carbonyl (C=O) groups excluding carboxylic acids is 1. The molecule has 1 atom stereocenters. The highest BCUT2D eigenvalue weighted by Gasteiger charge is 2.25. The minimum atomic E-state index is 0.0402. The number of ether oxygens (including phenoxy) is 1. The van der Waals surface area contributed by atoms with Crippen molar-refractivity contribution in [3.05, 3.63) is 18.0 Å². The molecule has 0 spiro atoms. The van der Waals surface area contributed by atoms with Crippen molar-refractivity contribution in [2.75, 3.05) is 45.1 Å². The number of H-pyrrole nitrogens is 1. The first kappa shape index (κ1) is 13.5. The molecule has 20 heavy (non-hydrogen) atoms. The fourth-order valence-corrected chi connectivity index (χ4v) is 2.91. The van der Waals surface area contributed by atoms with Crippen LogP contribution in [0, 0.1) is 0 Å². The number of anilines is 1. The lowest BCUT2D eigenvalue weighted by Gasteiger charge is -2.35. The zero-order valence-corrected chi connectivity index (χ0v) is 11.7. The summed E-state index contributed by atoms with van der Waals surface area (Å²) >= 11 is 0. The molecule has 3 heterocycles. The summed E-state index contributed by atoms with van der Waals surface area (Å²) in [6.45, 7) is 5.27. The van der Waals surface area contributed by atoms with Gasteiger partial charge in [0.25, 0.3) is 5.91 Å². The van der Waals surface area contributed by atoms with Crippen LogP contribution in [0.25, 0.3) is 0 Å². The Morgan fingerprint density at radius 1 is 1.40 bits per heavy atom. The lowest BCUT2D eigenvalue weighted by atomic mass is 10.2. The van der Waals surface area contributed by atoms with Crippen LogP contribution in [0.15, 0.2) is 12.3 Å². The molecule has 110 valence electrons. The fourth-order valence-electron chi connectivity index (χ4n) is 2.91. The summed E-state index contributed by atoms with van der Waals surface area (Å²) in [4.78, 5) is 19.5. The van der Waals surface area contributed by atoms with Crippen LogP contribution >= 0.6 is 0 Å². The zero-order chi connectivity index (χ0) is 13.9. The number of nitrogens with zero attached hydrogens (tertiary/aromatic N) is 2. The van der Waals surface area contributed by atoms with Gasteiger partial charge in [0.05, 0.1) is 6.10 Å². The van der Waals surface area contributed by atoms with Crippen LogP contribution in [-0.2, 0) is 4.74 Å². The Morgan fingerprint density at radius 2 is 2.20 bits per heavy atom. The minimum absolute atomic E-state index is 0.0402. The van der Waals surface area contributed by atoms with Crippen molar-refractivity contribution < 1.29 is 9.53 Å². The van der Waals surface area contributed by atoms with E-state index in [1.807, 2.05) is 4.90 Å². The van der Waals surface area contributed by atoms with Gasteiger partial charge in [-0.2, -0.15) is 0 Å². The first-order chi connectivity index (χ1) is 9.72. The molecule has 0 aromatic carbocycles. The van der Waals surface area contributed by atoms with Crippen molar-refractivity contribution in [3.63, 3.8) is 0 Å². The van der Waals surface area contributed by atoms with Gasteiger partial charge in [-0.1, -0.05) is 0 Å². The van der Waals surface area contributed by atoms with Gasteiger partial charge in [-0.05, 0) is 18.9 Å². The number of rotatable bonds is 3. The number of nitrogen functional groups attached to an aromatic ring is 1. The molecule has 2 aliphatic heterocycles. The van der Waals surface area contributed by atoms with E-state index in [1.165, 1.54) is 12.8 Å². The standard InChI is InChI=1S/C14H22N4O2/c15-11-8-13(16-9-11)14(19)18-5-3-17(4-6-18)10-12-2-1-7-20-12/h8-9,12,16H,1-7,10,15H2. The highest BCUT2D eigenvalue weighted by molar-refractivity contribution is 5.93. The van der Waals surface area contributed by atoms with Crippen molar-refractivity contribution in [3.8, 4) is 0 Å². The van der Waals surface area contributed by atoms with E-state index < -0.39 is 0 Å². The maximum atomic E-state index is 12.3. The number of carbonyl (C=O) groups is 1. The van der Waals surface area contributed by atoms with Crippen LogP contribution in [-0.4, -0.2) is 66.1 Å². The van der Waals surface area contributed by atoms with Crippen LogP contribution in [0.2, 0.25) is 0 Å². The third-order valence-corrected chi connectivity index (χ3v) is 4.08. The highest BCUT2D eigenvalue weighted by atomic mass is 16.5. The summed E-state index contributed by atoms with van der Waals surface area (Å²) in [5.41, 5.74) is 6.82. The predicted octanol–water partition coefficient (Wildman–Crippen LogP) is 0.534. The third kappa shape index (κ3) is 2.96. The van der Waals surface area contributed by atoms with Gasteiger partial charge < -0.3 is 20.4 Å². The van der Waals surface area contributed by atoms with Crippen LogP contribution < -0.4 is 5.73 Å². The van der Waals surface area contributed by atoms with Crippen molar-refractivity contribution in [1.82, 2.24) is 14.8 Å². The van der Waals surface area contributed by atoms with E-state index in [-0.39, 0.29) is 5.91 Å². The number of hydrogen-bond acceptors (Lipinski definition) is 4. The van der Waals surface area contributed by atoms with Gasteiger partial charge in [-0.15, -0.1) is 0 Å². The van der Waals surface area contributed by atoms with Gasteiger partial charge in [0, 0.05) is 51.2 Å². The van der Waals surface area contributed by atoms with Gasteiger partial charge >= 0.3 is 0 Å². The number of piperazine rings is 1. The van der Waals surface area contributed by atoms with Gasteiger partial charge in [0.2, 0.25) is 0 Å². The maximum Gasteiger partial charge on any atom is 0.270 e. The molecule has 3 rings (SSSR count). The zero-order valence-electron chi connectivity index (χ0n) is 11.7. The molecule has 3 N–H and O–H groups in total. The molecule has 2 aliphatic rings. The van der Waals surface area contributed by atoms with Crippen LogP contribution in [0.1, 0.15) is 23.3 Å². The van der Waals surface area contributed by atoms with E-state index in [2.05, 4.69) is 9.88 Å². The number of nitrogens with one attached hydrogen (secondary N) is 1. The molecular weight excluding hydrogens is 256 g/mol. The number of aromatic nitrogens is 1. The molecule has 1 unspecified atom stereocenters. The van der Waals surface area contributed by atoms with E-state index >= 15 is 0 Å². The highest BCUT2D eigenvalue weighted by Crippen LogP contribution is 2.15. The Balaban J connectivity index is 1.49. The molecule has 0 saturated carbocycles. The van der Waals surface area contributed by atoms with Gasteiger partial charge in [-0.3, -0.25) is 9.69 Å². The summed E-state index contributed by atoms with van der Waals surface area (Å²) in [6, 6.07) is 1.70. The predicted molar refractivity (Wildman–Crippen MR) is 76.5 cm³/mol. The Morgan fingerprint density at radius 3 is 2.80 bits per heavy atom. The summed E-state index contributed by atoms with van der Waals surface area (Å²) in [6.07, 6.45) is 4.39. The molecule has 1 aromatic heterocycles. The molecular formula is C14H22N4O2. The van der Waals surface area contributed by atoms with Gasteiger partial charge in [0.15, 0.2) is 0 Å². The number of nitrogens with two attached hydrogens (primary N) is 1. The number of amides is 1. The first-order valence-electron chi connectivity index (χ1n) is 7.29. The molecule has 0 radical (unpaired) electrons. The SMILES string of the molecule is Nc1c[nH]c(C(=O)N2CCN(CC3CCCO3)CC2)c1. The largest absolute Gasteiger partial charge is 0.397 e. The maximum absolute atomic E-state index is 12.3. The Bertz CT molecular complexity index is 459. The van der Waals surface area contributed by atoms with Crippen molar-refractivity contribution in [1.29, 1.82) is 0 Å².